The van der Waals surface area contributed by atoms with Gasteiger partial charge in [0.1, 0.15) is 20.0 Å². The molecule has 1 aromatic carbocycles. The van der Waals surface area contributed by atoms with E-state index in [4.69, 9.17) is 17.3 Å². The third-order valence-electron chi connectivity index (χ3n) is 2.00. The smallest absolute Gasteiger partial charge is 0.117 e. The summed E-state index contributed by atoms with van der Waals surface area (Å²) in [5.74, 6) is 0. The van der Waals surface area contributed by atoms with Crippen LogP contribution in [0.3, 0.4) is 0 Å². The molecule has 0 fully saturated rings. The molecule has 78 valence electrons. The molecule has 5 heteroatoms. The molecule has 0 aliphatic heterocycles. The van der Waals surface area contributed by atoms with Gasteiger partial charge in [0.15, 0.2) is 0 Å². The Morgan fingerprint density at radius 3 is 2.07 bits per heavy atom. The van der Waals surface area contributed by atoms with Crippen molar-refractivity contribution < 1.29 is 13.2 Å². The summed E-state index contributed by atoms with van der Waals surface area (Å²) in [5.41, 5.74) is 5.53. The van der Waals surface area contributed by atoms with Gasteiger partial charge in [0.05, 0.1) is 10.7 Å². The molecule has 0 spiro atoms. The lowest BCUT2D eigenvalue weighted by Crippen LogP contribution is -2.01. The molecule has 2 N–H and O–H groups in total. The Morgan fingerprint density at radius 2 is 1.64 bits per heavy atom. The normalized spacial score (nSPS) is 10.6. The predicted molar refractivity (Wildman–Crippen MR) is 50.3 cm³/mol. The quantitative estimate of drug-likeness (QED) is 0.782. The van der Waals surface area contributed by atoms with Crippen LogP contribution in [0.5, 0.6) is 0 Å². The number of nitrogens with two attached hydrogens (primary N) is 1. The summed E-state index contributed by atoms with van der Waals surface area (Å²) in [4.78, 5) is 0. The second-order valence-corrected chi connectivity index (χ2v) is 3.18. The summed E-state index contributed by atoms with van der Waals surface area (Å²) in [6.07, 6.45) is 0. The number of hydrogen-bond donors (Lipinski definition) is 1. The largest absolute Gasteiger partial charge is 0.397 e. The Labute approximate surface area is 84.7 Å². The number of benzene rings is 1. The highest BCUT2D eigenvalue weighted by atomic mass is 35.5. The van der Waals surface area contributed by atoms with Crippen LogP contribution in [0, 0.1) is 0 Å². The first-order valence-corrected chi connectivity index (χ1v) is 4.30. The highest BCUT2D eigenvalue weighted by molar-refractivity contribution is 6.34. The van der Waals surface area contributed by atoms with Gasteiger partial charge in [-0.3, -0.25) is 0 Å². The standard InChI is InChI=1S/C9H9ClF3N/c10-8-6(3-12)1-5(2-11)7(4-13)9(8)14/h1H,2-4,14H2. The number of anilines is 1. The maximum atomic E-state index is 12.5. The van der Waals surface area contributed by atoms with Crippen LogP contribution < -0.4 is 5.73 Å². The molecule has 0 radical (unpaired) electrons. The average Bonchev–Trinajstić information content (AvgIpc) is 2.21. The van der Waals surface area contributed by atoms with E-state index in [1.54, 1.807) is 0 Å². The first-order valence-electron chi connectivity index (χ1n) is 3.92. The van der Waals surface area contributed by atoms with Gasteiger partial charge in [0.25, 0.3) is 0 Å². The molecule has 14 heavy (non-hydrogen) atoms. The summed E-state index contributed by atoms with van der Waals surface area (Å²) < 4.78 is 37.2. The van der Waals surface area contributed by atoms with Crippen molar-refractivity contribution in [2.75, 3.05) is 5.73 Å². The lowest BCUT2D eigenvalue weighted by atomic mass is 10.0. The number of alkyl halides is 3. The minimum absolute atomic E-state index is 0.00898. The molecule has 0 amide bonds. The first-order chi connectivity index (χ1) is 6.65. The molecule has 0 saturated heterocycles. The van der Waals surface area contributed by atoms with Crippen molar-refractivity contribution in [2.24, 2.45) is 0 Å². The Bertz CT molecular complexity index is 341. The van der Waals surface area contributed by atoms with Crippen LogP contribution in [0.4, 0.5) is 18.9 Å². The summed E-state index contributed by atoms with van der Waals surface area (Å²) in [6, 6.07) is 1.20. The summed E-state index contributed by atoms with van der Waals surface area (Å²) >= 11 is 5.65. The van der Waals surface area contributed by atoms with Crippen molar-refractivity contribution in [1.82, 2.24) is 0 Å². The molecule has 0 aliphatic carbocycles. The molecule has 1 nitrogen and oxygen atoms in total. The van der Waals surface area contributed by atoms with Crippen molar-refractivity contribution in [3.63, 3.8) is 0 Å². The van der Waals surface area contributed by atoms with E-state index in [9.17, 15) is 13.2 Å². The van der Waals surface area contributed by atoms with E-state index in [1.807, 2.05) is 0 Å². The third kappa shape index (κ3) is 1.80. The fraction of sp³-hybridized carbons (Fsp3) is 0.333. The van der Waals surface area contributed by atoms with E-state index < -0.39 is 20.0 Å². The Hall–Kier alpha value is -0.900. The van der Waals surface area contributed by atoms with Gasteiger partial charge >= 0.3 is 0 Å². The van der Waals surface area contributed by atoms with Gasteiger partial charge in [0.2, 0.25) is 0 Å². The van der Waals surface area contributed by atoms with Crippen molar-refractivity contribution in [3.8, 4) is 0 Å². The molecule has 0 heterocycles. The van der Waals surface area contributed by atoms with Crippen molar-refractivity contribution in [2.45, 2.75) is 20.0 Å². The van der Waals surface area contributed by atoms with Crippen LogP contribution in [-0.4, -0.2) is 0 Å². The number of nitrogen functional groups attached to an aromatic ring is 1. The molecule has 0 bridgehead atoms. The SMILES string of the molecule is Nc1c(Cl)c(CF)cc(CF)c1CF. The number of hydrogen-bond acceptors (Lipinski definition) is 1. The molecule has 0 atom stereocenters. The molecule has 0 aromatic heterocycles. The van der Waals surface area contributed by atoms with Crippen LogP contribution in [0.2, 0.25) is 5.02 Å². The Balaban J connectivity index is 3.38. The van der Waals surface area contributed by atoms with Gasteiger partial charge < -0.3 is 5.73 Å². The first kappa shape index (κ1) is 11.2. The molecule has 1 aromatic rings. The van der Waals surface area contributed by atoms with Gasteiger partial charge in [0, 0.05) is 11.1 Å². The maximum Gasteiger partial charge on any atom is 0.117 e. The summed E-state index contributed by atoms with van der Waals surface area (Å²) in [5, 5.41) is -0.0302. The summed E-state index contributed by atoms with van der Waals surface area (Å²) in [7, 11) is 0. The number of halogens is 4. The second-order valence-electron chi connectivity index (χ2n) is 2.80. The lowest BCUT2D eigenvalue weighted by Gasteiger charge is -2.11. The zero-order valence-electron chi connectivity index (χ0n) is 7.29. The minimum Gasteiger partial charge on any atom is -0.397 e. The zero-order chi connectivity index (χ0) is 10.7. The molecule has 1 rings (SSSR count). The fourth-order valence-electron chi connectivity index (χ4n) is 1.21. The van der Waals surface area contributed by atoms with Crippen LogP contribution in [0.1, 0.15) is 16.7 Å². The van der Waals surface area contributed by atoms with Crippen LogP contribution in [-0.2, 0) is 20.0 Å². The fourth-order valence-corrected chi connectivity index (χ4v) is 1.43. The van der Waals surface area contributed by atoms with Gasteiger partial charge in [-0.1, -0.05) is 11.6 Å². The Morgan fingerprint density at radius 1 is 1.07 bits per heavy atom. The van der Waals surface area contributed by atoms with Crippen LogP contribution in [0.25, 0.3) is 0 Å². The minimum atomic E-state index is -0.905. The maximum absolute atomic E-state index is 12.5. The van der Waals surface area contributed by atoms with E-state index in [0.29, 0.717) is 0 Å². The van der Waals surface area contributed by atoms with Gasteiger partial charge in [-0.2, -0.15) is 0 Å². The lowest BCUT2D eigenvalue weighted by molar-refractivity contribution is 0.452. The molecule has 0 unspecified atom stereocenters. The molecule has 0 saturated carbocycles. The van der Waals surface area contributed by atoms with E-state index in [0.717, 1.165) is 0 Å². The topological polar surface area (TPSA) is 26.0 Å². The van der Waals surface area contributed by atoms with Gasteiger partial charge in [-0.05, 0) is 11.6 Å². The van der Waals surface area contributed by atoms with Gasteiger partial charge in [-0.25, -0.2) is 13.2 Å². The van der Waals surface area contributed by atoms with Crippen molar-refractivity contribution >= 4 is 17.3 Å². The highest BCUT2D eigenvalue weighted by Gasteiger charge is 2.14. The van der Waals surface area contributed by atoms with Crippen molar-refractivity contribution in [3.05, 3.63) is 27.8 Å². The van der Waals surface area contributed by atoms with E-state index >= 15 is 0 Å². The summed E-state index contributed by atoms with van der Waals surface area (Å²) in [6.45, 7) is -2.63. The average molecular weight is 224 g/mol. The third-order valence-corrected chi connectivity index (χ3v) is 2.45. The monoisotopic (exact) mass is 223 g/mol. The van der Waals surface area contributed by atoms with Crippen LogP contribution in [0.15, 0.2) is 6.07 Å². The molecular formula is C9H9ClF3N. The zero-order valence-corrected chi connectivity index (χ0v) is 8.04. The predicted octanol–water partition coefficient (Wildman–Crippen LogP) is 3.33. The number of rotatable bonds is 3. The van der Waals surface area contributed by atoms with E-state index in [-0.39, 0.29) is 27.4 Å². The highest BCUT2D eigenvalue weighted by Crippen LogP contribution is 2.32. The van der Waals surface area contributed by atoms with E-state index in [2.05, 4.69) is 0 Å². The second kappa shape index (κ2) is 4.55. The van der Waals surface area contributed by atoms with E-state index in [1.165, 1.54) is 6.07 Å². The Kier molecular flexibility index (Phi) is 3.63. The van der Waals surface area contributed by atoms with Gasteiger partial charge in [-0.15, -0.1) is 0 Å². The van der Waals surface area contributed by atoms with Crippen LogP contribution >= 0.6 is 11.6 Å². The molecular weight excluding hydrogens is 215 g/mol. The van der Waals surface area contributed by atoms with Crippen molar-refractivity contribution in [1.29, 1.82) is 0 Å². The molecule has 0 aliphatic rings.